The predicted octanol–water partition coefficient (Wildman–Crippen LogP) is 4.39. The van der Waals surface area contributed by atoms with Gasteiger partial charge in [-0.1, -0.05) is 60.2 Å². The van der Waals surface area contributed by atoms with Crippen molar-refractivity contribution in [3.05, 3.63) is 101 Å². The van der Waals surface area contributed by atoms with E-state index in [2.05, 4.69) is 0 Å². The van der Waals surface area contributed by atoms with Crippen LogP contribution < -0.4 is 9.47 Å². The SMILES string of the molecule is Cc1ccc(C2/C(=C(\O)c3ccc4c(c3)OCCO4)C(=O)C(=O)N2Cc2ccccc2)cc1. The van der Waals surface area contributed by atoms with Crippen molar-refractivity contribution in [2.24, 2.45) is 0 Å². The molecule has 0 saturated carbocycles. The first kappa shape index (κ1) is 20.8. The monoisotopic (exact) mass is 441 g/mol. The Morgan fingerprint density at radius 2 is 1.64 bits per heavy atom. The summed E-state index contributed by atoms with van der Waals surface area (Å²) >= 11 is 0. The van der Waals surface area contributed by atoms with E-state index in [1.165, 1.54) is 4.90 Å². The number of carbonyl (C=O) groups is 2. The van der Waals surface area contributed by atoms with Gasteiger partial charge in [0.2, 0.25) is 0 Å². The second kappa shape index (κ2) is 8.47. The molecule has 3 aromatic carbocycles. The molecule has 1 saturated heterocycles. The van der Waals surface area contributed by atoms with Crippen molar-refractivity contribution >= 4 is 17.4 Å². The highest BCUT2D eigenvalue weighted by Crippen LogP contribution is 2.41. The summed E-state index contributed by atoms with van der Waals surface area (Å²) in [5, 5.41) is 11.3. The second-order valence-corrected chi connectivity index (χ2v) is 8.18. The van der Waals surface area contributed by atoms with Gasteiger partial charge in [-0.3, -0.25) is 9.59 Å². The standard InChI is InChI=1S/C27H23NO5/c1-17-7-9-19(10-8-17)24-23(25(29)20-11-12-21-22(15-20)33-14-13-32-21)26(30)27(31)28(24)16-18-5-3-2-4-6-18/h2-12,15,24,29H,13-14,16H2,1H3/b25-23+. The van der Waals surface area contributed by atoms with E-state index >= 15 is 0 Å². The van der Waals surface area contributed by atoms with E-state index in [0.717, 1.165) is 16.7 Å². The highest BCUT2D eigenvalue weighted by Gasteiger charge is 2.46. The summed E-state index contributed by atoms with van der Waals surface area (Å²) in [5.41, 5.74) is 3.18. The molecule has 6 nitrogen and oxygen atoms in total. The van der Waals surface area contributed by atoms with Crippen LogP contribution in [-0.4, -0.2) is 34.9 Å². The Hall–Kier alpha value is -4.06. The van der Waals surface area contributed by atoms with Crippen LogP contribution in [0.1, 0.15) is 28.3 Å². The van der Waals surface area contributed by atoms with E-state index in [0.29, 0.717) is 30.3 Å². The van der Waals surface area contributed by atoms with E-state index in [-0.39, 0.29) is 17.9 Å². The molecular weight excluding hydrogens is 418 g/mol. The number of nitrogens with zero attached hydrogens (tertiary/aromatic N) is 1. The van der Waals surface area contributed by atoms with Crippen molar-refractivity contribution in [2.45, 2.75) is 19.5 Å². The zero-order valence-electron chi connectivity index (χ0n) is 18.2. The number of fused-ring (bicyclic) bond motifs is 1. The molecule has 5 rings (SSSR count). The van der Waals surface area contributed by atoms with Gasteiger partial charge in [0.25, 0.3) is 11.7 Å². The van der Waals surface area contributed by atoms with Gasteiger partial charge >= 0.3 is 0 Å². The zero-order chi connectivity index (χ0) is 22.9. The number of Topliss-reactive ketones (excluding diaryl/α,β-unsaturated/α-hetero) is 1. The number of ether oxygens (including phenoxy) is 2. The van der Waals surface area contributed by atoms with Crippen molar-refractivity contribution in [3.63, 3.8) is 0 Å². The van der Waals surface area contributed by atoms with Gasteiger partial charge in [-0.05, 0) is 36.2 Å². The molecular formula is C27H23NO5. The third kappa shape index (κ3) is 3.84. The molecule has 0 aromatic heterocycles. The highest BCUT2D eigenvalue weighted by molar-refractivity contribution is 6.46. The van der Waals surface area contributed by atoms with Crippen LogP contribution in [0.2, 0.25) is 0 Å². The molecule has 0 spiro atoms. The van der Waals surface area contributed by atoms with Gasteiger partial charge in [-0.25, -0.2) is 0 Å². The summed E-state index contributed by atoms with van der Waals surface area (Å²) in [7, 11) is 0. The Labute approximate surface area is 191 Å². The van der Waals surface area contributed by atoms with Crippen molar-refractivity contribution < 1.29 is 24.2 Å². The first-order chi connectivity index (χ1) is 16.0. The fourth-order valence-corrected chi connectivity index (χ4v) is 4.26. The summed E-state index contributed by atoms with van der Waals surface area (Å²) < 4.78 is 11.2. The van der Waals surface area contributed by atoms with E-state index < -0.39 is 17.7 Å². The van der Waals surface area contributed by atoms with Gasteiger partial charge in [0.05, 0.1) is 11.6 Å². The summed E-state index contributed by atoms with van der Waals surface area (Å²) in [6, 6.07) is 21.4. The first-order valence-corrected chi connectivity index (χ1v) is 10.8. The van der Waals surface area contributed by atoms with Gasteiger partial charge in [-0.2, -0.15) is 0 Å². The van der Waals surface area contributed by atoms with E-state index in [9.17, 15) is 14.7 Å². The number of likely N-dealkylation sites (tertiary alicyclic amines) is 1. The third-order valence-corrected chi connectivity index (χ3v) is 5.94. The van der Waals surface area contributed by atoms with Crippen molar-refractivity contribution in [1.29, 1.82) is 0 Å². The molecule has 1 amide bonds. The number of aliphatic hydroxyl groups excluding tert-OH is 1. The molecule has 0 radical (unpaired) electrons. The van der Waals surface area contributed by atoms with Gasteiger partial charge < -0.3 is 19.5 Å². The average Bonchev–Trinajstić information content (AvgIpc) is 3.09. The lowest BCUT2D eigenvalue weighted by Gasteiger charge is -2.25. The number of ketones is 1. The van der Waals surface area contributed by atoms with Crippen LogP contribution in [0, 0.1) is 6.92 Å². The zero-order valence-corrected chi connectivity index (χ0v) is 18.2. The predicted molar refractivity (Wildman–Crippen MR) is 123 cm³/mol. The number of aryl methyl sites for hydroxylation is 1. The Bertz CT molecular complexity index is 1250. The van der Waals surface area contributed by atoms with Crippen molar-refractivity contribution in [2.75, 3.05) is 13.2 Å². The molecule has 33 heavy (non-hydrogen) atoms. The Kier molecular flexibility index (Phi) is 5.34. The normalized spacial score (nSPS) is 19.1. The molecule has 2 aliphatic rings. The minimum atomic E-state index is -0.709. The fourth-order valence-electron chi connectivity index (χ4n) is 4.26. The molecule has 0 aliphatic carbocycles. The molecule has 166 valence electrons. The van der Waals surface area contributed by atoms with Crippen molar-refractivity contribution in [3.8, 4) is 11.5 Å². The Morgan fingerprint density at radius 3 is 2.36 bits per heavy atom. The van der Waals surface area contributed by atoms with Crippen LogP contribution in [0.3, 0.4) is 0 Å². The molecule has 1 unspecified atom stereocenters. The lowest BCUT2D eigenvalue weighted by Crippen LogP contribution is -2.29. The molecule has 0 bridgehead atoms. The number of carbonyl (C=O) groups excluding carboxylic acids is 2. The molecule has 1 N–H and O–H groups in total. The molecule has 2 heterocycles. The average molecular weight is 441 g/mol. The Balaban J connectivity index is 1.63. The number of rotatable bonds is 4. The van der Waals surface area contributed by atoms with Gasteiger partial charge in [0, 0.05) is 12.1 Å². The van der Waals surface area contributed by atoms with Crippen LogP contribution in [0.15, 0.2) is 78.4 Å². The number of benzene rings is 3. The van der Waals surface area contributed by atoms with E-state index in [1.807, 2.05) is 61.5 Å². The largest absolute Gasteiger partial charge is 0.507 e. The van der Waals surface area contributed by atoms with Crippen LogP contribution in [0.4, 0.5) is 0 Å². The van der Waals surface area contributed by atoms with Crippen LogP contribution in [0.5, 0.6) is 11.5 Å². The second-order valence-electron chi connectivity index (χ2n) is 8.18. The van der Waals surface area contributed by atoms with Gasteiger partial charge in [-0.15, -0.1) is 0 Å². The number of aliphatic hydroxyl groups is 1. The topological polar surface area (TPSA) is 76.1 Å². The van der Waals surface area contributed by atoms with Crippen LogP contribution in [0.25, 0.3) is 5.76 Å². The molecule has 1 atom stereocenters. The number of amides is 1. The molecule has 3 aromatic rings. The fraction of sp³-hybridized carbons (Fsp3) is 0.185. The smallest absolute Gasteiger partial charge is 0.295 e. The van der Waals surface area contributed by atoms with Crippen LogP contribution in [-0.2, 0) is 16.1 Å². The van der Waals surface area contributed by atoms with Crippen LogP contribution >= 0.6 is 0 Å². The number of hydrogen-bond donors (Lipinski definition) is 1. The minimum Gasteiger partial charge on any atom is -0.507 e. The lowest BCUT2D eigenvalue weighted by molar-refractivity contribution is -0.140. The summed E-state index contributed by atoms with van der Waals surface area (Å²) in [6.45, 7) is 3.08. The molecule has 6 heteroatoms. The minimum absolute atomic E-state index is 0.0662. The number of hydrogen-bond acceptors (Lipinski definition) is 5. The van der Waals surface area contributed by atoms with Gasteiger partial charge in [0.1, 0.15) is 19.0 Å². The highest BCUT2D eigenvalue weighted by atomic mass is 16.6. The molecule has 2 aliphatic heterocycles. The van der Waals surface area contributed by atoms with E-state index in [4.69, 9.17) is 9.47 Å². The maximum atomic E-state index is 13.2. The first-order valence-electron chi connectivity index (χ1n) is 10.8. The molecule has 1 fully saturated rings. The summed E-state index contributed by atoms with van der Waals surface area (Å²) in [6.07, 6.45) is 0. The quantitative estimate of drug-likeness (QED) is 0.369. The Morgan fingerprint density at radius 1 is 0.939 bits per heavy atom. The van der Waals surface area contributed by atoms with Crippen molar-refractivity contribution in [1.82, 2.24) is 4.90 Å². The van der Waals surface area contributed by atoms with E-state index in [1.54, 1.807) is 18.2 Å². The summed E-state index contributed by atoms with van der Waals surface area (Å²) in [4.78, 5) is 27.8. The maximum absolute atomic E-state index is 13.2. The third-order valence-electron chi connectivity index (χ3n) is 5.94. The maximum Gasteiger partial charge on any atom is 0.295 e. The summed E-state index contributed by atoms with van der Waals surface area (Å²) in [5.74, 6) is -0.494. The van der Waals surface area contributed by atoms with Gasteiger partial charge in [0.15, 0.2) is 11.5 Å². The lowest BCUT2D eigenvalue weighted by atomic mass is 9.94.